The Labute approximate surface area is 274 Å². The number of anilines is 2. The van der Waals surface area contributed by atoms with Crippen LogP contribution in [0.4, 0.5) is 11.4 Å². The van der Waals surface area contributed by atoms with Crippen LogP contribution in [0.1, 0.15) is 11.5 Å². The maximum absolute atomic E-state index is 2.51. The van der Waals surface area contributed by atoms with Crippen molar-refractivity contribution in [2.75, 3.05) is 4.90 Å². The van der Waals surface area contributed by atoms with Crippen molar-refractivity contribution in [3.8, 4) is 22.3 Å². The van der Waals surface area contributed by atoms with Crippen LogP contribution in [0, 0.1) is 0 Å². The molecule has 0 saturated carbocycles. The van der Waals surface area contributed by atoms with E-state index >= 15 is 0 Å². The summed E-state index contributed by atoms with van der Waals surface area (Å²) in [4.78, 5) is 2.51. The average molecular weight is 598 g/mol. The van der Waals surface area contributed by atoms with Gasteiger partial charge in [0, 0.05) is 17.3 Å². The van der Waals surface area contributed by atoms with Crippen molar-refractivity contribution in [1.82, 2.24) is 0 Å². The van der Waals surface area contributed by atoms with Crippen molar-refractivity contribution in [2.24, 2.45) is 0 Å². The minimum Gasteiger partial charge on any atom is -0.333 e. The van der Waals surface area contributed by atoms with Crippen LogP contribution in [0.2, 0.25) is 0 Å². The van der Waals surface area contributed by atoms with E-state index in [1.807, 2.05) is 0 Å². The van der Waals surface area contributed by atoms with Crippen LogP contribution in [0.25, 0.3) is 65.3 Å². The number of benzene rings is 8. The van der Waals surface area contributed by atoms with E-state index in [1.54, 1.807) is 0 Å². The van der Waals surface area contributed by atoms with E-state index in [2.05, 4.69) is 181 Å². The molecule has 10 rings (SSSR count). The van der Waals surface area contributed by atoms with E-state index in [9.17, 15) is 0 Å². The highest BCUT2D eigenvalue weighted by Gasteiger charge is 2.36. The molecule has 1 heteroatoms. The molecule has 2 aliphatic rings. The maximum atomic E-state index is 2.51. The van der Waals surface area contributed by atoms with Crippen LogP contribution in [0.3, 0.4) is 0 Å². The van der Waals surface area contributed by atoms with E-state index < -0.39 is 0 Å². The Bertz CT molecular complexity index is 2530. The zero-order valence-electron chi connectivity index (χ0n) is 25.8. The van der Waals surface area contributed by atoms with Crippen molar-refractivity contribution < 1.29 is 0 Å². The highest BCUT2D eigenvalue weighted by molar-refractivity contribution is 6.22. The van der Waals surface area contributed by atoms with Gasteiger partial charge in [0.05, 0.1) is 6.04 Å². The molecule has 8 aromatic rings. The average Bonchev–Trinajstić information content (AvgIpc) is 3.48. The molecule has 0 bridgehead atoms. The van der Waals surface area contributed by atoms with Gasteiger partial charge in [-0.1, -0.05) is 152 Å². The molecule has 0 N–H and O–H groups in total. The van der Waals surface area contributed by atoms with E-state index in [0.29, 0.717) is 12.0 Å². The Morgan fingerprint density at radius 3 is 1.70 bits per heavy atom. The van der Waals surface area contributed by atoms with Gasteiger partial charge in [-0.05, 0) is 95.2 Å². The molecule has 2 unspecified atom stereocenters. The van der Waals surface area contributed by atoms with Crippen LogP contribution >= 0.6 is 0 Å². The van der Waals surface area contributed by atoms with Crippen LogP contribution in [0.15, 0.2) is 176 Å². The molecule has 0 saturated heterocycles. The Balaban J connectivity index is 1.14. The van der Waals surface area contributed by atoms with Gasteiger partial charge in [-0.3, -0.25) is 0 Å². The molecule has 1 heterocycles. The Morgan fingerprint density at radius 2 is 0.957 bits per heavy atom. The molecule has 1 nitrogen and oxygen atoms in total. The second kappa shape index (κ2) is 10.3. The number of para-hydroxylation sites is 1. The third-order valence-corrected chi connectivity index (χ3v) is 10.4. The molecule has 2 atom stereocenters. The van der Waals surface area contributed by atoms with Gasteiger partial charge in [-0.25, -0.2) is 0 Å². The van der Waals surface area contributed by atoms with E-state index in [0.717, 1.165) is 0 Å². The van der Waals surface area contributed by atoms with E-state index in [-0.39, 0.29) is 0 Å². The summed E-state index contributed by atoms with van der Waals surface area (Å²) in [5.74, 6) is 0.380. The van der Waals surface area contributed by atoms with Gasteiger partial charge in [0.2, 0.25) is 0 Å². The smallest absolute Gasteiger partial charge is 0.0629 e. The minimum absolute atomic E-state index is 0.295. The van der Waals surface area contributed by atoms with Crippen LogP contribution < -0.4 is 4.90 Å². The normalized spacial score (nSPS) is 16.7. The second-order valence-corrected chi connectivity index (χ2v) is 12.8. The molecule has 0 amide bonds. The maximum Gasteiger partial charge on any atom is 0.0629 e. The minimum atomic E-state index is 0.295. The molecule has 8 aromatic carbocycles. The summed E-state index contributed by atoms with van der Waals surface area (Å²) in [5.41, 5.74) is 9.00. The lowest BCUT2D eigenvalue weighted by Crippen LogP contribution is -2.28. The summed E-state index contributed by atoms with van der Waals surface area (Å²) in [7, 11) is 0. The highest BCUT2D eigenvalue weighted by atomic mass is 15.2. The summed E-state index contributed by atoms with van der Waals surface area (Å²) in [6, 6.07) is 56.5. The number of rotatable bonds is 3. The van der Waals surface area contributed by atoms with Gasteiger partial charge in [-0.15, -0.1) is 0 Å². The fraction of sp³-hybridized carbons (Fsp3) is 0.0435. The lowest BCUT2D eigenvalue weighted by atomic mass is 9.85. The number of hydrogen-bond donors (Lipinski definition) is 0. The first-order chi connectivity index (χ1) is 23.3. The molecule has 0 spiro atoms. The lowest BCUT2D eigenvalue weighted by Gasteiger charge is -2.29. The summed E-state index contributed by atoms with van der Waals surface area (Å²) >= 11 is 0. The molecule has 0 fully saturated rings. The summed E-state index contributed by atoms with van der Waals surface area (Å²) in [5, 5.41) is 10.3. The zero-order valence-corrected chi connectivity index (χ0v) is 25.8. The van der Waals surface area contributed by atoms with Gasteiger partial charge in [0.15, 0.2) is 0 Å². The molecule has 47 heavy (non-hydrogen) atoms. The van der Waals surface area contributed by atoms with Crippen molar-refractivity contribution in [3.63, 3.8) is 0 Å². The summed E-state index contributed by atoms with van der Waals surface area (Å²) < 4.78 is 0. The largest absolute Gasteiger partial charge is 0.333 e. The Morgan fingerprint density at radius 1 is 0.404 bits per heavy atom. The number of fused-ring (bicyclic) bond motifs is 8. The first kappa shape index (κ1) is 26.3. The predicted molar refractivity (Wildman–Crippen MR) is 201 cm³/mol. The zero-order chi connectivity index (χ0) is 30.9. The Hall–Kier alpha value is -5.92. The molecule has 1 aliphatic heterocycles. The first-order valence-electron chi connectivity index (χ1n) is 16.5. The molecular weight excluding hydrogens is 567 g/mol. The molecule has 0 radical (unpaired) electrons. The van der Waals surface area contributed by atoms with Crippen molar-refractivity contribution in [2.45, 2.75) is 12.0 Å². The number of allylic oxidation sites excluding steroid dienone is 2. The van der Waals surface area contributed by atoms with Crippen LogP contribution in [-0.4, -0.2) is 6.04 Å². The third-order valence-electron chi connectivity index (χ3n) is 10.4. The summed E-state index contributed by atoms with van der Waals surface area (Å²) in [6.45, 7) is 0. The highest BCUT2D eigenvalue weighted by Crippen LogP contribution is 2.49. The fourth-order valence-corrected chi connectivity index (χ4v) is 8.30. The fourth-order valence-electron chi connectivity index (χ4n) is 8.30. The Kier molecular flexibility index (Phi) is 5.77. The van der Waals surface area contributed by atoms with Gasteiger partial charge >= 0.3 is 0 Å². The summed E-state index contributed by atoms with van der Waals surface area (Å²) in [6.07, 6.45) is 9.05. The van der Waals surface area contributed by atoms with Crippen molar-refractivity contribution in [3.05, 3.63) is 182 Å². The van der Waals surface area contributed by atoms with Gasteiger partial charge in [0.25, 0.3) is 0 Å². The predicted octanol–water partition coefficient (Wildman–Crippen LogP) is 12.4. The lowest BCUT2D eigenvalue weighted by molar-refractivity contribution is 0.745. The molecule has 1 aliphatic carbocycles. The molecule has 220 valence electrons. The quantitative estimate of drug-likeness (QED) is 0.145. The van der Waals surface area contributed by atoms with Crippen molar-refractivity contribution >= 4 is 54.5 Å². The SMILES string of the molecule is C1=CC2c3ccccc3N(c3ccc(-c4c5ccccc5c(-c5ccc6c(ccc7ccccc76)c5)c5ccccc45)cc3)C2C=C1. The van der Waals surface area contributed by atoms with E-state index in [4.69, 9.17) is 0 Å². The number of nitrogens with zero attached hydrogens (tertiary/aromatic N) is 1. The van der Waals surface area contributed by atoms with E-state index in [1.165, 1.54) is 82.3 Å². The van der Waals surface area contributed by atoms with Gasteiger partial charge in [-0.2, -0.15) is 0 Å². The van der Waals surface area contributed by atoms with Gasteiger partial charge in [0.1, 0.15) is 0 Å². The monoisotopic (exact) mass is 597 g/mol. The van der Waals surface area contributed by atoms with Crippen LogP contribution in [-0.2, 0) is 0 Å². The standard InChI is InChI=1S/C46H31N/c1-2-12-35-30(11-1)21-22-32-29-33(25-28-36(32)35)46-41-17-5-3-15-39(41)45(40-16-4-6-18-42(40)46)31-23-26-34(27-24-31)47-43-19-9-7-13-37(43)38-14-8-10-20-44(38)47/h1-29,37,43H. The van der Waals surface area contributed by atoms with Crippen LogP contribution in [0.5, 0.6) is 0 Å². The molecular formula is C46H31N. The number of hydrogen-bond acceptors (Lipinski definition) is 1. The second-order valence-electron chi connectivity index (χ2n) is 12.8. The third kappa shape index (κ3) is 3.96. The van der Waals surface area contributed by atoms with Gasteiger partial charge < -0.3 is 4.90 Å². The molecule has 0 aromatic heterocycles. The van der Waals surface area contributed by atoms with Crippen molar-refractivity contribution in [1.29, 1.82) is 0 Å². The first-order valence-corrected chi connectivity index (χ1v) is 16.5. The topological polar surface area (TPSA) is 3.24 Å².